The van der Waals surface area contributed by atoms with Crippen LogP contribution in [0.4, 0.5) is 5.82 Å². The molecule has 3 aromatic heterocycles. The molecule has 0 saturated heterocycles. The predicted octanol–water partition coefficient (Wildman–Crippen LogP) is 2.99. The lowest BCUT2D eigenvalue weighted by atomic mass is 9.91. The average molecular weight is 378 g/mol. The van der Waals surface area contributed by atoms with E-state index in [0.29, 0.717) is 6.04 Å². The first-order chi connectivity index (χ1) is 13.6. The number of aryl methyl sites for hydroxylation is 4. The van der Waals surface area contributed by atoms with Gasteiger partial charge < -0.3 is 5.32 Å². The minimum Gasteiger partial charge on any atom is -0.367 e. The van der Waals surface area contributed by atoms with E-state index in [4.69, 9.17) is 5.10 Å². The number of anilines is 1. The van der Waals surface area contributed by atoms with Gasteiger partial charge in [0.1, 0.15) is 5.82 Å². The number of hydrogen-bond acceptors (Lipinski definition) is 5. The van der Waals surface area contributed by atoms with Crippen LogP contribution in [0.15, 0.2) is 23.0 Å². The summed E-state index contributed by atoms with van der Waals surface area (Å²) < 4.78 is 3.65. The van der Waals surface area contributed by atoms with Crippen LogP contribution in [0.5, 0.6) is 0 Å². The van der Waals surface area contributed by atoms with Crippen molar-refractivity contribution in [2.75, 3.05) is 5.32 Å². The van der Waals surface area contributed by atoms with Crippen molar-refractivity contribution in [3.05, 3.63) is 51.2 Å². The summed E-state index contributed by atoms with van der Waals surface area (Å²) in [5, 5.41) is 12.9. The zero-order chi connectivity index (χ0) is 19.3. The van der Waals surface area contributed by atoms with Crippen molar-refractivity contribution in [2.24, 2.45) is 0 Å². The van der Waals surface area contributed by atoms with Crippen LogP contribution >= 0.6 is 0 Å². The number of hydrogen-bond donors (Lipinski definition) is 1. The molecule has 1 saturated carbocycles. The number of aromatic nitrogens is 5. The molecule has 0 aromatic carbocycles. The maximum atomic E-state index is 12.5. The Morgan fingerprint density at radius 2 is 1.82 bits per heavy atom. The molecule has 3 aromatic rings. The maximum Gasteiger partial charge on any atom is 0.267 e. The lowest BCUT2D eigenvalue weighted by molar-refractivity contribution is 0.301. The van der Waals surface area contributed by atoms with Gasteiger partial charge >= 0.3 is 0 Å². The third-order valence-corrected chi connectivity index (χ3v) is 6.05. The molecule has 0 aliphatic heterocycles. The lowest BCUT2D eigenvalue weighted by Gasteiger charge is -2.30. The quantitative estimate of drug-likeness (QED) is 0.758. The smallest absolute Gasteiger partial charge is 0.267 e. The Bertz CT molecular complexity index is 1090. The van der Waals surface area contributed by atoms with Crippen molar-refractivity contribution in [2.45, 2.75) is 70.9 Å². The van der Waals surface area contributed by atoms with Gasteiger partial charge in [0.05, 0.1) is 17.4 Å². The molecule has 0 bridgehead atoms. The number of fused-ring (bicyclic) bond motifs is 2. The Morgan fingerprint density at radius 1 is 1.00 bits per heavy atom. The van der Waals surface area contributed by atoms with E-state index in [-0.39, 0.29) is 11.6 Å². The molecular formula is C21H26N6O. The Balaban J connectivity index is 1.31. The molecule has 0 unspecified atom stereocenters. The third-order valence-electron chi connectivity index (χ3n) is 6.05. The van der Waals surface area contributed by atoms with Gasteiger partial charge in [-0.15, -0.1) is 0 Å². The van der Waals surface area contributed by atoms with Crippen molar-refractivity contribution in [1.82, 2.24) is 24.4 Å². The van der Waals surface area contributed by atoms with Gasteiger partial charge in [-0.25, -0.2) is 9.67 Å². The second-order valence-electron chi connectivity index (χ2n) is 8.24. The van der Waals surface area contributed by atoms with E-state index in [1.165, 1.54) is 0 Å². The molecule has 0 radical (unpaired) electrons. The van der Waals surface area contributed by atoms with Gasteiger partial charge in [0.2, 0.25) is 0 Å². The zero-order valence-corrected chi connectivity index (χ0v) is 16.5. The monoisotopic (exact) mass is 378 g/mol. The van der Waals surface area contributed by atoms with E-state index in [2.05, 4.69) is 21.5 Å². The van der Waals surface area contributed by atoms with Crippen LogP contribution < -0.4 is 10.9 Å². The van der Waals surface area contributed by atoms with Gasteiger partial charge in [0, 0.05) is 29.9 Å². The highest BCUT2D eigenvalue weighted by Gasteiger charge is 2.26. The van der Waals surface area contributed by atoms with Crippen LogP contribution in [0, 0.1) is 13.8 Å². The van der Waals surface area contributed by atoms with Gasteiger partial charge in [0.15, 0.2) is 5.65 Å². The highest BCUT2D eigenvalue weighted by molar-refractivity contribution is 5.50. The molecule has 0 amide bonds. The zero-order valence-electron chi connectivity index (χ0n) is 16.5. The molecule has 7 nitrogen and oxygen atoms in total. The van der Waals surface area contributed by atoms with Crippen molar-refractivity contribution < 1.29 is 0 Å². The van der Waals surface area contributed by atoms with Gasteiger partial charge in [0.25, 0.3) is 5.56 Å². The average Bonchev–Trinajstić information content (AvgIpc) is 3.27. The Kier molecular flexibility index (Phi) is 4.18. The van der Waals surface area contributed by atoms with E-state index in [9.17, 15) is 4.79 Å². The fourth-order valence-electron chi connectivity index (χ4n) is 4.67. The second kappa shape index (κ2) is 6.72. The molecular weight excluding hydrogens is 352 g/mol. The highest BCUT2D eigenvalue weighted by atomic mass is 16.1. The number of rotatable bonds is 3. The summed E-state index contributed by atoms with van der Waals surface area (Å²) >= 11 is 0. The summed E-state index contributed by atoms with van der Waals surface area (Å²) in [6.07, 6.45) is 7.09. The Labute approximate surface area is 163 Å². The molecule has 7 heteroatoms. The molecule has 0 spiro atoms. The topological polar surface area (TPSA) is 77.1 Å². The van der Waals surface area contributed by atoms with Gasteiger partial charge in [-0.05, 0) is 64.4 Å². The molecule has 2 aliphatic rings. The van der Waals surface area contributed by atoms with Crippen molar-refractivity contribution >= 4 is 11.5 Å². The van der Waals surface area contributed by atoms with Crippen molar-refractivity contribution in [1.29, 1.82) is 0 Å². The minimum absolute atomic E-state index is 0.0653. The Morgan fingerprint density at radius 3 is 2.64 bits per heavy atom. The fraction of sp³-hybridized carbons (Fsp3) is 0.524. The first-order valence-electron chi connectivity index (χ1n) is 10.3. The van der Waals surface area contributed by atoms with Crippen LogP contribution in [-0.2, 0) is 12.8 Å². The number of nitrogens with one attached hydrogen (secondary N) is 1. The summed E-state index contributed by atoms with van der Waals surface area (Å²) in [5.74, 6) is 0.992. The summed E-state index contributed by atoms with van der Waals surface area (Å²) in [4.78, 5) is 17.1. The molecule has 28 heavy (non-hydrogen) atoms. The summed E-state index contributed by atoms with van der Waals surface area (Å²) in [5.41, 5.74) is 5.18. The third kappa shape index (κ3) is 3.08. The van der Waals surface area contributed by atoms with Gasteiger partial charge in [-0.1, -0.05) is 0 Å². The largest absolute Gasteiger partial charge is 0.367 e. The maximum absolute atomic E-state index is 12.5. The molecule has 2 aliphatic carbocycles. The highest BCUT2D eigenvalue weighted by Crippen LogP contribution is 2.30. The summed E-state index contributed by atoms with van der Waals surface area (Å²) in [6, 6.07) is 6.45. The SMILES string of the molecule is Cc1cc(NC2CCC(n3nc4c(cc3=O)CCC4)CC2)n2nc(C)cc2n1. The van der Waals surface area contributed by atoms with E-state index in [1.807, 2.05) is 30.5 Å². The van der Waals surface area contributed by atoms with Gasteiger partial charge in [-0.2, -0.15) is 14.7 Å². The van der Waals surface area contributed by atoms with Crippen molar-refractivity contribution in [3.63, 3.8) is 0 Å². The molecule has 146 valence electrons. The van der Waals surface area contributed by atoms with E-state index in [1.54, 1.807) is 4.68 Å². The molecule has 1 N–H and O–H groups in total. The first kappa shape index (κ1) is 17.4. The lowest BCUT2D eigenvalue weighted by Crippen LogP contribution is -2.34. The predicted molar refractivity (Wildman–Crippen MR) is 108 cm³/mol. The van der Waals surface area contributed by atoms with Crippen LogP contribution in [0.3, 0.4) is 0 Å². The van der Waals surface area contributed by atoms with Crippen LogP contribution in [0.1, 0.15) is 60.8 Å². The normalized spacial score (nSPS) is 21.8. The Hall–Kier alpha value is -2.70. The van der Waals surface area contributed by atoms with Crippen molar-refractivity contribution in [3.8, 4) is 0 Å². The molecule has 1 fully saturated rings. The molecule has 3 heterocycles. The van der Waals surface area contributed by atoms with Crippen LogP contribution in [0.25, 0.3) is 5.65 Å². The standard InChI is InChI=1S/C21H26N6O/c1-13-10-20(27-19(22-13)11-14(2)24-27)23-16-6-8-17(9-7-16)26-21(28)12-15-4-3-5-18(15)25-26/h10-12,16-17,23H,3-9H2,1-2H3. The van der Waals surface area contributed by atoms with E-state index >= 15 is 0 Å². The molecule has 0 atom stereocenters. The van der Waals surface area contributed by atoms with E-state index in [0.717, 1.165) is 79.1 Å². The summed E-state index contributed by atoms with van der Waals surface area (Å²) in [6.45, 7) is 4.00. The molecule has 5 rings (SSSR count). The van der Waals surface area contributed by atoms with Crippen LogP contribution in [-0.4, -0.2) is 30.4 Å². The van der Waals surface area contributed by atoms with Crippen LogP contribution in [0.2, 0.25) is 0 Å². The minimum atomic E-state index is 0.0653. The second-order valence-corrected chi connectivity index (χ2v) is 8.24. The number of nitrogens with zero attached hydrogens (tertiary/aromatic N) is 5. The van der Waals surface area contributed by atoms with Gasteiger partial charge in [-0.3, -0.25) is 4.79 Å². The van der Waals surface area contributed by atoms with E-state index < -0.39 is 0 Å². The fourth-order valence-corrected chi connectivity index (χ4v) is 4.67. The first-order valence-corrected chi connectivity index (χ1v) is 10.3. The summed E-state index contributed by atoms with van der Waals surface area (Å²) in [7, 11) is 0.